The minimum atomic E-state index is -3.26. The number of anilines is 1. The Balaban J connectivity index is 1.88. The number of halogens is 2. The summed E-state index contributed by atoms with van der Waals surface area (Å²) < 4.78 is 57.3. The van der Waals surface area contributed by atoms with Gasteiger partial charge in [0, 0.05) is 5.69 Å². The van der Waals surface area contributed by atoms with E-state index in [4.69, 9.17) is 18.7 Å². The lowest BCUT2D eigenvalue weighted by molar-refractivity contribution is 0.00578. The second-order valence-corrected chi connectivity index (χ2v) is 10.5. The molecule has 1 unspecified atom stereocenters. The molecule has 11 heteroatoms. The van der Waals surface area contributed by atoms with Crippen molar-refractivity contribution in [2.75, 3.05) is 5.32 Å². The first-order valence-electron chi connectivity index (χ1n) is 10.7. The van der Waals surface area contributed by atoms with Crippen LogP contribution in [0.1, 0.15) is 63.0 Å². The van der Waals surface area contributed by atoms with Gasteiger partial charge in [0.05, 0.1) is 22.4 Å². The van der Waals surface area contributed by atoms with Crippen molar-refractivity contribution < 1.29 is 36.9 Å². The van der Waals surface area contributed by atoms with E-state index in [1.807, 2.05) is 27.7 Å². The highest BCUT2D eigenvalue weighted by Crippen LogP contribution is 2.37. The van der Waals surface area contributed by atoms with Crippen LogP contribution in [-0.2, 0) is 24.0 Å². The lowest BCUT2D eigenvalue weighted by Gasteiger charge is -2.32. The lowest BCUT2D eigenvalue weighted by Crippen LogP contribution is -2.41. The summed E-state index contributed by atoms with van der Waals surface area (Å²) in [7, 11) is -4.10. The maximum absolute atomic E-state index is 14.8. The van der Waals surface area contributed by atoms with Crippen LogP contribution < -0.4 is 10.8 Å². The van der Waals surface area contributed by atoms with Gasteiger partial charge in [-0.25, -0.2) is 8.78 Å². The molecule has 0 bridgehead atoms. The third-order valence-electron chi connectivity index (χ3n) is 6.42. The van der Waals surface area contributed by atoms with Crippen molar-refractivity contribution in [1.82, 2.24) is 0 Å². The largest absolute Gasteiger partial charge is 0.495 e. The van der Waals surface area contributed by atoms with E-state index in [-0.39, 0.29) is 16.8 Å². The number of amides is 1. The standard InChI is InChI=1S/C23H29BF2NO6P/c1-13-17(24-31-22(4,5)23(6,7)32-24)11-15(25)12-19(13)27-20(28)16-9-8-14(10-18(16)26)21(2,3)33-34(29)30/h8-12,34H,1-7H3,(H,27,28)(H,29,30). The van der Waals surface area contributed by atoms with Crippen LogP contribution >= 0.6 is 8.25 Å². The number of carbonyl (C=O) groups is 1. The first-order chi connectivity index (χ1) is 15.5. The third-order valence-corrected chi connectivity index (χ3v) is 7.10. The Morgan fingerprint density at radius 3 is 2.24 bits per heavy atom. The normalized spacial score (nSPS) is 18.1. The molecule has 1 fully saturated rings. The predicted molar refractivity (Wildman–Crippen MR) is 127 cm³/mol. The summed E-state index contributed by atoms with van der Waals surface area (Å²) in [6.07, 6.45) is 0. The van der Waals surface area contributed by atoms with Gasteiger partial charge < -0.3 is 19.5 Å². The summed E-state index contributed by atoms with van der Waals surface area (Å²) in [5.41, 5.74) is -1.41. The second kappa shape index (κ2) is 9.17. The minimum Gasteiger partial charge on any atom is -0.399 e. The van der Waals surface area contributed by atoms with Crippen LogP contribution in [0.15, 0.2) is 30.3 Å². The number of hydrogen-bond donors (Lipinski definition) is 2. The van der Waals surface area contributed by atoms with E-state index in [1.165, 1.54) is 32.0 Å². The van der Waals surface area contributed by atoms with Crippen LogP contribution in [-0.4, -0.2) is 29.1 Å². The topological polar surface area (TPSA) is 94.1 Å². The van der Waals surface area contributed by atoms with Gasteiger partial charge in [-0.1, -0.05) is 6.07 Å². The molecule has 0 aromatic heterocycles. The molecule has 34 heavy (non-hydrogen) atoms. The van der Waals surface area contributed by atoms with E-state index >= 15 is 0 Å². The molecule has 1 heterocycles. The van der Waals surface area contributed by atoms with Gasteiger partial charge in [-0.15, -0.1) is 0 Å². The molecule has 3 rings (SSSR count). The van der Waals surface area contributed by atoms with E-state index in [1.54, 1.807) is 6.92 Å². The molecule has 0 spiro atoms. The quantitative estimate of drug-likeness (QED) is 0.454. The third kappa shape index (κ3) is 5.26. The summed E-state index contributed by atoms with van der Waals surface area (Å²) in [4.78, 5) is 21.9. The lowest BCUT2D eigenvalue weighted by atomic mass is 9.75. The van der Waals surface area contributed by atoms with E-state index < -0.39 is 49.7 Å². The SMILES string of the molecule is Cc1c(NC(=O)c2ccc(C(C)(C)O[PH](=O)O)cc2F)cc(F)cc1B1OC(C)(C)C(C)(C)O1. The summed E-state index contributed by atoms with van der Waals surface area (Å²) in [6.45, 7) is 12.2. The maximum atomic E-state index is 14.8. The van der Waals surface area contributed by atoms with Crippen LogP contribution in [0.3, 0.4) is 0 Å². The molecule has 1 atom stereocenters. The Kier molecular flexibility index (Phi) is 7.15. The number of rotatable bonds is 6. The Morgan fingerprint density at radius 2 is 1.71 bits per heavy atom. The highest BCUT2D eigenvalue weighted by atomic mass is 31.1. The zero-order valence-electron chi connectivity index (χ0n) is 20.2. The van der Waals surface area contributed by atoms with Crippen molar-refractivity contribution in [3.63, 3.8) is 0 Å². The van der Waals surface area contributed by atoms with E-state index in [0.29, 0.717) is 11.0 Å². The van der Waals surface area contributed by atoms with Crippen molar-refractivity contribution >= 4 is 32.4 Å². The van der Waals surface area contributed by atoms with Gasteiger partial charge in [-0.3, -0.25) is 13.9 Å². The average molecular weight is 495 g/mol. The highest BCUT2D eigenvalue weighted by Gasteiger charge is 2.52. The van der Waals surface area contributed by atoms with Gasteiger partial charge in [0.1, 0.15) is 11.6 Å². The van der Waals surface area contributed by atoms with Crippen LogP contribution in [0, 0.1) is 18.6 Å². The fourth-order valence-corrected chi connectivity index (χ4v) is 4.14. The molecule has 2 aromatic rings. The molecule has 1 aliphatic rings. The molecule has 184 valence electrons. The molecule has 7 nitrogen and oxygen atoms in total. The zero-order chi connectivity index (χ0) is 25.6. The van der Waals surface area contributed by atoms with Crippen LogP contribution in [0.2, 0.25) is 0 Å². The number of hydrogen-bond acceptors (Lipinski definition) is 5. The van der Waals surface area contributed by atoms with Crippen molar-refractivity contribution in [2.45, 2.75) is 65.3 Å². The fourth-order valence-electron chi connectivity index (χ4n) is 3.59. The Labute approximate surface area is 198 Å². The molecular formula is C23H29BF2NO6P. The maximum Gasteiger partial charge on any atom is 0.495 e. The first-order valence-corrected chi connectivity index (χ1v) is 12.0. The van der Waals surface area contributed by atoms with E-state index in [0.717, 1.165) is 12.1 Å². The Morgan fingerprint density at radius 1 is 1.12 bits per heavy atom. The summed E-state index contributed by atoms with van der Waals surface area (Å²) in [5.74, 6) is -2.25. The number of carbonyl (C=O) groups excluding carboxylic acids is 1. The Hall–Kier alpha value is -2.10. The van der Waals surface area contributed by atoms with Gasteiger partial charge in [0.2, 0.25) is 0 Å². The molecule has 2 N–H and O–H groups in total. The van der Waals surface area contributed by atoms with Crippen LogP contribution in [0.5, 0.6) is 0 Å². The number of nitrogens with one attached hydrogen (secondary N) is 1. The number of benzene rings is 2. The average Bonchev–Trinajstić information content (AvgIpc) is 2.90. The van der Waals surface area contributed by atoms with Gasteiger partial charge in [0.15, 0.2) is 0 Å². The van der Waals surface area contributed by atoms with E-state index in [2.05, 4.69) is 5.32 Å². The molecule has 2 aromatic carbocycles. The Bertz CT molecular complexity index is 1140. The molecule has 1 amide bonds. The molecule has 0 saturated carbocycles. The second-order valence-electron chi connectivity index (χ2n) is 9.78. The van der Waals surface area contributed by atoms with Gasteiger partial charge >= 0.3 is 15.4 Å². The molecule has 0 radical (unpaired) electrons. The van der Waals surface area contributed by atoms with Crippen molar-refractivity contribution in [1.29, 1.82) is 0 Å². The van der Waals surface area contributed by atoms with Gasteiger partial charge in [-0.05, 0) is 89.3 Å². The van der Waals surface area contributed by atoms with Crippen LogP contribution in [0.4, 0.5) is 14.5 Å². The molecule has 1 aliphatic heterocycles. The van der Waals surface area contributed by atoms with Crippen molar-refractivity contribution in [3.8, 4) is 0 Å². The van der Waals surface area contributed by atoms with Gasteiger partial charge in [0.25, 0.3) is 5.91 Å². The minimum absolute atomic E-state index is 0.153. The predicted octanol–water partition coefficient (Wildman–Crippen LogP) is 4.46. The van der Waals surface area contributed by atoms with Crippen molar-refractivity contribution in [3.05, 3.63) is 58.7 Å². The van der Waals surface area contributed by atoms with Crippen LogP contribution in [0.25, 0.3) is 0 Å². The fraction of sp³-hybridized carbons (Fsp3) is 0.435. The first kappa shape index (κ1) is 26.5. The van der Waals surface area contributed by atoms with Gasteiger partial charge in [-0.2, -0.15) is 0 Å². The molecular weight excluding hydrogens is 466 g/mol. The monoisotopic (exact) mass is 495 g/mol. The molecule has 1 saturated heterocycles. The summed E-state index contributed by atoms with van der Waals surface area (Å²) in [6, 6.07) is 6.16. The smallest absolute Gasteiger partial charge is 0.399 e. The van der Waals surface area contributed by atoms with Crippen molar-refractivity contribution in [2.24, 2.45) is 0 Å². The molecule has 0 aliphatic carbocycles. The highest BCUT2D eigenvalue weighted by molar-refractivity contribution is 7.32. The summed E-state index contributed by atoms with van der Waals surface area (Å²) >= 11 is 0. The zero-order valence-corrected chi connectivity index (χ0v) is 21.2. The van der Waals surface area contributed by atoms with E-state index in [9.17, 15) is 18.1 Å². The summed E-state index contributed by atoms with van der Waals surface area (Å²) in [5, 5.41) is 2.56.